The predicted octanol–water partition coefficient (Wildman–Crippen LogP) is 5.40. The van der Waals surface area contributed by atoms with Crippen LogP contribution in [0.2, 0.25) is 0 Å². The Morgan fingerprint density at radius 2 is 1.77 bits per heavy atom. The Bertz CT molecular complexity index is 883. The highest BCUT2D eigenvalue weighted by molar-refractivity contribution is 5.90. The van der Waals surface area contributed by atoms with Crippen molar-refractivity contribution in [1.29, 1.82) is 5.26 Å². The summed E-state index contributed by atoms with van der Waals surface area (Å²) < 4.78 is 16.9. The molecule has 0 saturated heterocycles. The molecule has 160 valence electrons. The van der Waals surface area contributed by atoms with Gasteiger partial charge in [-0.25, -0.2) is 0 Å². The maximum absolute atomic E-state index is 9.67. The molecule has 5 heteroatoms. The van der Waals surface area contributed by atoms with Crippen LogP contribution in [0.4, 0.5) is 0 Å². The van der Waals surface area contributed by atoms with Crippen LogP contribution >= 0.6 is 0 Å². The normalized spacial score (nSPS) is 11.1. The second-order valence-electron chi connectivity index (χ2n) is 6.98. The molecule has 0 fully saturated rings. The molecule has 0 spiro atoms. The number of hydrogen-bond donors (Lipinski definition) is 1. The summed E-state index contributed by atoms with van der Waals surface area (Å²) in [5.41, 5.74) is 3.28. The number of aliphatic hydroxyl groups excluding tert-OH is 1. The first kappa shape index (κ1) is 23.3. The van der Waals surface area contributed by atoms with E-state index in [1.807, 2.05) is 56.3 Å². The number of ether oxygens (including phenoxy) is 3. The Balaban J connectivity index is 2.13. The molecule has 0 aliphatic rings. The first-order valence-electron chi connectivity index (χ1n) is 10.4. The van der Waals surface area contributed by atoms with Gasteiger partial charge in [0.25, 0.3) is 0 Å². The minimum Gasteiger partial charge on any atom is -0.494 e. The van der Waals surface area contributed by atoms with Crippen LogP contribution in [0.1, 0.15) is 49.3 Å². The van der Waals surface area contributed by atoms with Gasteiger partial charge in [-0.15, -0.1) is 0 Å². The summed E-state index contributed by atoms with van der Waals surface area (Å²) in [5, 5.41) is 18.5. The number of nitriles is 1. The molecule has 0 saturated carbocycles. The standard InChI is InChI=1S/C25H31NO4/c1-4-29-23-12-10-21(15-19(23)2)22(18-26)16-20-9-11-24(25(17-20)28-3)30-14-8-6-5-7-13-27/h9-12,15-17,27H,4-8,13-14H2,1-3H3. The number of rotatable bonds is 12. The molecule has 0 bridgehead atoms. The van der Waals surface area contributed by atoms with Crippen LogP contribution in [0.5, 0.6) is 17.2 Å². The van der Waals surface area contributed by atoms with Gasteiger partial charge < -0.3 is 19.3 Å². The van der Waals surface area contributed by atoms with E-state index in [1.54, 1.807) is 7.11 Å². The van der Waals surface area contributed by atoms with E-state index in [0.29, 0.717) is 30.3 Å². The van der Waals surface area contributed by atoms with Crippen molar-refractivity contribution in [3.63, 3.8) is 0 Å². The second-order valence-corrected chi connectivity index (χ2v) is 6.98. The van der Waals surface area contributed by atoms with E-state index in [-0.39, 0.29) is 6.61 Å². The summed E-state index contributed by atoms with van der Waals surface area (Å²) in [6, 6.07) is 13.7. The molecule has 30 heavy (non-hydrogen) atoms. The molecule has 0 aliphatic heterocycles. The zero-order valence-electron chi connectivity index (χ0n) is 18.1. The Labute approximate surface area is 179 Å². The van der Waals surface area contributed by atoms with E-state index in [1.165, 1.54) is 0 Å². The van der Waals surface area contributed by atoms with E-state index in [9.17, 15) is 5.26 Å². The molecule has 0 radical (unpaired) electrons. The van der Waals surface area contributed by atoms with Crippen molar-refractivity contribution < 1.29 is 19.3 Å². The first-order chi connectivity index (χ1) is 14.6. The summed E-state index contributed by atoms with van der Waals surface area (Å²) in [6.45, 7) is 5.38. The van der Waals surface area contributed by atoms with Gasteiger partial charge in [0, 0.05) is 6.61 Å². The van der Waals surface area contributed by atoms with Gasteiger partial charge in [0.1, 0.15) is 5.75 Å². The lowest BCUT2D eigenvalue weighted by molar-refractivity contribution is 0.268. The molecule has 5 nitrogen and oxygen atoms in total. The van der Waals surface area contributed by atoms with Crippen molar-refractivity contribution in [2.24, 2.45) is 0 Å². The van der Waals surface area contributed by atoms with Gasteiger partial charge >= 0.3 is 0 Å². The number of aryl methyl sites for hydroxylation is 1. The van der Waals surface area contributed by atoms with Crippen LogP contribution in [0.3, 0.4) is 0 Å². The Morgan fingerprint density at radius 1 is 1.00 bits per heavy atom. The third-order valence-corrected chi connectivity index (χ3v) is 4.71. The van der Waals surface area contributed by atoms with Crippen LogP contribution in [-0.2, 0) is 0 Å². The summed E-state index contributed by atoms with van der Waals surface area (Å²) in [7, 11) is 1.61. The Hall–Kier alpha value is -2.97. The fourth-order valence-electron chi connectivity index (χ4n) is 3.12. The van der Waals surface area contributed by atoms with Gasteiger partial charge in [-0.1, -0.05) is 12.5 Å². The molecule has 2 aromatic carbocycles. The summed E-state index contributed by atoms with van der Waals surface area (Å²) in [5.74, 6) is 2.16. The molecular formula is C25H31NO4. The highest BCUT2D eigenvalue weighted by Gasteiger charge is 2.08. The van der Waals surface area contributed by atoms with E-state index in [4.69, 9.17) is 19.3 Å². The van der Waals surface area contributed by atoms with Crippen LogP contribution < -0.4 is 14.2 Å². The topological polar surface area (TPSA) is 71.7 Å². The van der Waals surface area contributed by atoms with E-state index in [0.717, 1.165) is 48.1 Å². The lowest BCUT2D eigenvalue weighted by Crippen LogP contribution is -2.00. The molecule has 0 amide bonds. The molecule has 1 N–H and O–H groups in total. The van der Waals surface area contributed by atoms with Crippen molar-refractivity contribution in [2.45, 2.75) is 39.5 Å². The van der Waals surface area contributed by atoms with Crippen molar-refractivity contribution in [2.75, 3.05) is 26.9 Å². The second kappa shape index (κ2) is 12.6. The monoisotopic (exact) mass is 409 g/mol. The average Bonchev–Trinajstić information content (AvgIpc) is 2.76. The number of methoxy groups -OCH3 is 1. The van der Waals surface area contributed by atoms with Gasteiger partial charge in [-0.2, -0.15) is 5.26 Å². The molecule has 2 aromatic rings. The lowest BCUT2D eigenvalue weighted by Gasteiger charge is -2.12. The predicted molar refractivity (Wildman–Crippen MR) is 120 cm³/mol. The highest BCUT2D eigenvalue weighted by Crippen LogP contribution is 2.31. The van der Waals surface area contributed by atoms with Gasteiger partial charge in [0.05, 0.1) is 32.0 Å². The van der Waals surface area contributed by atoms with Gasteiger partial charge in [0.15, 0.2) is 11.5 Å². The van der Waals surface area contributed by atoms with Crippen LogP contribution in [-0.4, -0.2) is 32.0 Å². The summed E-state index contributed by atoms with van der Waals surface area (Å²) >= 11 is 0. The minimum atomic E-state index is 0.241. The van der Waals surface area contributed by atoms with E-state index >= 15 is 0 Å². The van der Waals surface area contributed by atoms with Crippen LogP contribution in [0.15, 0.2) is 36.4 Å². The van der Waals surface area contributed by atoms with Gasteiger partial charge in [0.2, 0.25) is 0 Å². The number of unbranched alkanes of at least 4 members (excludes halogenated alkanes) is 3. The first-order valence-corrected chi connectivity index (χ1v) is 10.4. The van der Waals surface area contributed by atoms with Crippen LogP contribution in [0.25, 0.3) is 11.6 Å². The maximum atomic E-state index is 9.67. The van der Waals surface area contributed by atoms with Gasteiger partial charge in [-0.05, 0) is 86.2 Å². The molecule has 0 aliphatic carbocycles. The number of benzene rings is 2. The van der Waals surface area contributed by atoms with E-state index in [2.05, 4.69) is 6.07 Å². The molecule has 0 atom stereocenters. The Morgan fingerprint density at radius 3 is 2.43 bits per heavy atom. The summed E-state index contributed by atoms with van der Waals surface area (Å²) in [6.07, 6.45) is 5.63. The third-order valence-electron chi connectivity index (χ3n) is 4.71. The molecule has 0 heterocycles. The molecule has 0 unspecified atom stereocenters. The summed E-state index contributed by atoms with van der Waals surface area (Å²) in [4.78, 5) is 0. The average molecular weight is 410 g/mol. The van der Waals surface area contributed by atoms with Crippen molar-refractivity contribution in [3.05, 3.63) is 53.1 Å². The fourth-order valence-corrected chi connectivity index (χ4v) is 3.12. The maximum Gasteiger partial charge on any atom is 0.161 e. The lowest BCUT2D eigenvalue weighted by atomic mass is 10.0. The largest absolute Gasteiger partial charge is 0.494 e. The van der Waals surface area contributed by atoms with Crippen molar-refractivity contribution >= 4 is 11.6 Å². The minimum absolute atomic E-state index is 0.241. The third kappa shape index (κ3) is 6.82. The number of nitrogens with zero attached hydrogens (tertiary/aromatic N) is 1. The SMILES string of the molecule is CCOc1ccc(C(C#N)=Cc2ccc(OCCCCCCO)c(OC)c2)cc1C. The smallest absolute Gasteiger partial charge is 0.161 e. The van der Waals surface area contributed by atoms with Crippen molar-refractivity contribution in [1.82, 2.24) is 0 Å². The molecule has 2 rings (SSSR count). The molecular weight excluding hydrogens is 378 g/mol. The zero-order chi connectivity index (χ0) is 21.8. The molecule has 0 aromatic heterocycles. The highest BCUT2D eigenvalue weighted by atomic mass is 16.5. The number of aliphatic hydroxyl groups is 1. The number of hydrogen-bond acceptors (Lipinski definition) is 5. The van der Waals surface area contributed by atoms with Crippen LogP contribution in [0, 0.1) is 18.3 Å². The van der Waals surface area contributed by atoms with Crippen molar-refractivity contribution in [3.8, 4) is 23.3 Å². The fraction of sp³-hybridized carbons (Fsp3) is 0.400. The van der Waals surface area contributed by atoms with Gasteiger partial charge in [-0.3, -0.25) is 0 Å². The van der Waals surface area contributed by atoms with E-state index < -0.39 is 0 Å². The Kier molecular flexibility index (Phi) is 9.76. The number of allylic oxidation sites excluding steroid dienone is 1. The zero-order valence-corrected chi connectivity index (χ0v) is 18.1. The quantitative estimate of drug-likeness (QED) is 0.289.